The zero-order valence-electron chi connectivity index (χ0n) is 6.92. The zero-order chi connectivity index (χ0) is 8.27. The monoisotopic (exact) mass is 148 g/mol. The van der Waals surface area contributed by atoms with Gasteiger partial charge in [-0.25, -0.2) is 0 Å². The van der Waals surface area contributed by atoms with Gasteiger partial charge in [-0.05, 0) is 31.1 Å². The Bertz CT molecular complexity index is 279. The maximum Gasteiger partial charge on any atom is 0.132 e. The van der Waals surface area contributed by atoms with E-state index in [1.54, 1.807) is 12.3 Å². The van der Waals surface area contributed by atoms with Gasteiger partial charge in [0.2, 0.25) is 0 Å². The van der Waals surface area contributed by atoms with Crippen LogP contribution in [-0.2, 0) is 0 Å². The number of hydrogen-bond acceptors (Lipinski definition) is 1. The van der Waals surface area contributed by atoms with E-state index in [9.17, 15) is 0 Å². The van der Waals surface area contributed by atoms with Gasteiger partial charge >= 0.3 is 0 Å². The fourth-order valence-electron chi connectivity index (χ4n) is 1.03. The number of allylic oxidation sites excluding steroid dienone is 3. The molecule has 0 spiro atoms. The van der Waals surface area contributed by atoms with Crippen LogP contribution in [0.5, 0.6) is 0 Å². The largest absolute Gasteiger partial charge is 0.464 e. The van der Waals surface area contributed by atoms with Gasteiger partial charge in [-0.3, -0.25) is 0 Å². The maximum atomic E-state index is 5.26. The minimum atomic E-state index is 0.949. The first-order valence-electron chi connectivity index (χ1n) is 3.59. The first kappa shape index (κ1) is 7.86. The van der Waals surface area contributed by atoms with Crippen molar-refractivity contribution in [3.05, 3.63) is 42.4 Å². The molecule has 0 N–H and O–H groups in total. The van der Waals surface area contributed by atoms with E-state index < -0.39 is 0 Å². The van der Waals surface area contributed by atoms with E-state index in [2.05, 4.69) is 6.58 Å². The van der Waals surface area contributed by atoms with Gasteiger partial charge in [-0.2, -0.15) is 0 Å². The summed E-state index contributed by atoms with van der Waals surface area (Å²) in [6.07, 6.45) is 5.40. The summed E-state index contributed by atoms with van der Waals surface area (Å²) in [6, 6.07) is 1.95. The Labute approximate surface area is 67.0 Å². The lowest BCUT2D eigenvalue weighted by atomic mass is 10.1. The van der Waals surface area contributed by atoms with Crippen LogP contribution < -0.4 is 0 Å². The van der Waals surface area contributed by atoms with Crippen LogP contribution >= 0.6 is 0 Å². The topological polar surface area (TPSA) is 13.1 Å². The summed E-state index contributed by atoms with van der Waals surface area (Å²) in [6.45, 7) is 7.66. The number of aryl methyl sites for hydroxylation is 1. The molecule has 0 aliphatic heterocycles. The normalized spacial score (nSPS) is 11.6. The van der Waals surface area contributed by atoms with E-state index in [1.165, 1.54) is 5.56 Å². The van der Waals surface area contributed by atoms with Crippen molar-refractivity contribution in [3.63, 3.8) is 0 Å². The van der Waals surface area contributed by atoms with Crippen molar-refractivity contribution in [1.82, 2.24) is 0 Å². The van der Waals surface area contributed by atoms with E-state index >= 15 is 0 Å². The summed E-state index contributed by atoms with van der Waals surface area (Å²) in [5.41, 5.74) is 2.28. The van der Waals surface area contributed by atoms with E-state index in [0.717, 1.165) is 11.3 Å². The highest BCUT2D eigenvalue weighted by molar-refractivity contribution is 5.63. The van der Waals surface area contributed by atoms with Crippen molar-refractivity contribution in [2.45, 2.75) is 13.8 Å². The lowest BCUT2D eigenvalue weighted by Crippen LogP contribution is -1.76. The third kappa shape index (κ3) is 1.61. The van der Waals surface area contributed by atoms with Crippen LogP contribution in [-0.4, -0.2) is 0 Å². The van der Waals surface area contributed by atoms with Crippen LogP contribution in [0.15, 0.2) is 35.5 Å². The van der Waals surface area contributed by atoms with Crippen molar-refractivity contribution in [1.29, 1.82) is 0 Å². The molecule has 1 nitrogen and oxygen atoms in total. The molecule has 1 heteroatoms. The summed E-state index contributed by atoms with van der Waals surface area (Å²) in [4.78, 5) is 0. The van der Waals surface area contributed by atoms with Crippen molar-refractivity contribution in [3.8, 4) is 0 Å². The van der Waals surface area contributed by atoms with Gasteiger partial charge in [0.25, 0.3) is 0 Å². The second-order valence-corrected chi connectivity index (χ2v) is 2.52. The molecule has 1 aromatic heterocycles. The first-order chi connectivity index (χ1) is 5.25. The van der Waals surface area contributed by atoms with Crippen molar-refractivity contribution in [2.75, 3.05) is 0 Å². The Morgan fingerprint density at radius 1 is 1.64 bits per heavy atom. The molecular formula is C10H12O. The first-order valence-corrected chi connectivity index (χ1v) is 3.59. The molecule has 0 bridgehead atoms. The molecular weight excluding hydrogens is 136 g/mol. The highest BCUT2D eigenvalue weighted by atomic mass is 16.3. The van der Waals surface area contributed by atoms with E-state index in [0.29, 0.717) is 0 Å². The van der Waals surface area contributed by atoms with Crippen LogP contribution in [0, 0.1) is 6.92 Å². The van der Waals surface area contributed by atoms with Gasteiger partial charge in [-0.15, -0.1) is 0 Å². The Morgan fingerprint density at radius 2 is 2.36 bits per heavy atom. The molecule has 0 aliphatic rings. The van der Waals surface area contributed by atoms with Gasteiger partial charge in [0.15, 0.2) is 0 Å². The molecule has 0 saturated carbocycles. The molecule has 1 heterocycles. The average molecular weight is 148 g/mol. The minimum absolute atomic E-state index is 0.949. The van der Waals surface area contributed by atoms with Crippen LogP contribution in [0.2, 0.25) is 0 Å². The molecule has 0 amide bonds. The van der Waals surface area contributed by atoms with Crippen LogP contribution in [0.4, 0.5) is 0 Å². The van der Waals surface area contributed by atoms with Crippen LogP contribution in [0.25, 0.3) is 5.57 Å². The molecule has 0 radical (unpaired) electrons. The Balaban J connectivity index is 3.01. The van der Waals surface area contributed by atoms with Crippen LogP contribution in [0.1, 0.15) is 18.2 Å². The summed E-state index contributed by atoms with van der Waals surface area (Å²) < 4.78 is 5.26. The fraction of sp³-hybridized carbons (Fsp3) is 0.200. The molecule has 0 atom stereocenters. The summed E-state index contributed by atoms with van der Waals surface area (Å²) in [7, 11) is 0. The predicted octanol–water partition coefficient (Wildman–Crippen LogP) is 3.18. The van der Waals surface area contributed by atoms with E-state index in [1.807, 2.05) is 26.0 Å². The van der Waals surface area contributed by atoms with Crippen molar-refractivity contribution >= 4 is 5.57 Å². The second kappa shape index (κ2) is 3.24. The summed E-state index contributed by atoms with van der Waals surface area (Å²) in [5.74, 6) is 0.949. The SMILES string of the molecule is C=C/C=C(/C)c1occc1C. The minimum Gasteiger partial charge on any atom is -0.464 e. The number of hydrogen-bond donors (Lipinski definition) is 0. The molecule has 1 aromatic rings. The highest BCUT2D eigenvalue weighted by Crippen LogP contribution is 2.18. The van der Waals surface area contributed by atoms with E-state index in [4.69, 9.17) is 4.42 Å². The molecule has 11 heavy (non-hydrogen) atoms. The number of rotatable bonds is 2. The summed E-state index contributed by atoms with van der Waals surface area (Å²) in [5, 5.41) is 0. The lowest BCUT2D eigenvalue weighted by molar-refractivity contribution is 0.550. The molecule has 0 saturated heterocycles. The molecule has 0 fully saturated rings. The van der Waals surface area contributed by atoms with Gasteiger partial charge in [-0.1, -0.05) is 18.7 Å². The standard InChI is InChI=1S/C10H12O/c1-4-5-8(2)10-9(3)6-7-11-10/h4-7H,1H2,2-3H3/b8-5-. The number of furan rings is 1. The predicted molar refractivity (Wildman–Crippen MR) is 47.3 cm³/mol. The van der Waals surface area contributed by atoms with Crippen molar-refractivity contribution in [2.24, 2.45) is 0 Å². The maximum absolute atomic E-state index is 5.26. The van der Waals surface area contributed by atoms with Gasteiger partial charge in [0.1, 0.15) is 5.76 Å². The second-order valence-electron chi connectivity index (χ2n) is 2.52. The molecule has 0 aromatic carbocycles. The Morgan fingerprint density at radius 3 is 2.82 bits per heavy atom. The van der Waals surface area contributed by atoms with Gasteiger partial charge in [0, 0.05) is 0 Å². The van der Waals surface area contributed by atoms with E-state index in [-0.39, 0.29) is 0 Å². The quantitative estimate of drug-likeness (QED) is 0.587. The molecule has 0 aliphatic carbocycles. The lowest BCUT2D eigenvalue weighted by Gasteiger charge is -1.95. The highest BCUT2D eigenvalue weighted by Gasteiger charge is 2.01. The molecule has 1 rings (SSSR count). The third-order valence-electron chi connectivity index (χ3n) is 1.59. The Kier molecular flexibility index (Phi) is 2.32. The fourth-order valence-corrected chi connectivity index (χ4v) is 1.03. The smallest absolute Gasteiger partial charge is 0.132 e. The molecule has 58 valence electrons. The zero-order valence-corrected chi connectivity index (χ0v) is 6.92. The third-order valence-corrected chi connectivity index (χ3v) is 1.59. The van der Waals surface area contributed by atoms with Gasteiger partial charge < -0.3 is 4.42 Å². The molecule has 0 unspecified atom stereocenters. The van der Waals surface area contributed by atoms with Crippen molar-refractivity contribution < 1.29 is 4.42 Å². The van der Waals surface area contributed by atoms with Crippen LogP contribution in [0.3, 0.4) is 0 Å². The van der Waals surface area contributed by atoms with Gasteiger partial charge in [0.05, 0.1) is 6.26 Å². The average Bonchev–Trinajstić information content (AvgIpc) is 2.36. The Hall–Kier alpha value is -1.24. The summed E-state index contributed by atoms with van der Waals surface area (Å²) >= 11 is 0.